The van der Waals surface area contributed by atoms with Crippen LogP contribution in [-0.4, -0.2) is 17.7 Å². The molecule has 0 heterocycles. The van der Waals surface area contributed by atoms with Crippen molar-refractivity contribution in [2.45, 2.75) is 31.8 Å². The minimum absolute atomic E-state index is 0.316. The highest BCUT2D eigenvalue weighted by Gasteiger charge is 2.28. The normalized spacial score (nSPS) is 11.3. The van der Waals surface area contributed by atoms with Crippen molar-refractivity contribution < 1.29 is 9.59 Å². The number of Topliss-reactive ketones (excluding diaryl/α,β-unsaturated/α-hetero) is 2. The van der Waals surface area contributed by atoms with Crippen LogP contribution in [0.1, 0.15) is 46.4 Å². The SMILES string of the molecule is [N-]=[N+]=Nc1ccc(C(=O)C(CCCCC(N)N)C(=O)c2ccc(N=[N+]=[N-])cc2)cc1. The average molecular weight is 406 g/mol. The standard InChI is InChI=1S/C20H22N8O2/c21-18(22)4-2-1-3-17(19(29)13-5-9-15(10-6-13)25-27-23)20(30)14-7-11-16(12-8-14)26-28-24/h5-12,17-18H,1-4,21-22H2. The number of carbonyl (C=O) groups excluding carboxylic acids is 2. The second-order valence-electron chi connectivity index (χ2n) is 6.70. The molecule has 10 nitrogen and oxygen atoms in total. The zero-order valence-electron chi connectivity index (χ0n) is 16.3. The molecule has 0 saturated heterocycles. The van der Waals surface area contributed by atoms with Crippen LogP contribution < -0.4 is 11.5 Å². The van der Waals surface area contributed by atoms with Crippen LogP contribution in [-0.2, 0) is 0 Å². The summed E-state index contributed by atoms with van der Waals surface area (Å²) in [5, 5.41) is 6.96. The van der Waals surface area contributed by atoms with Crippen LogP contribution in [0.3, 0.4) is 0 Å². The summed E-state index contributed by atoms with van der Waals surface area (Å²) in [7, 11) is 0. The van der Waals surface area contributed by atoms with Gasteiger partial charge in [-0.15, -0.1) is 0 Å². The van der Waals surface area contributed by atoms with Crippen LogP contribution in [0.5, 0.6) is 0 Å². The molecule has 0 fully saturated rings. The molecule has 0 amide bonds. The predicted molar refractivity (Wildman–Crippen MR) is 113 cm³/mol. The molecule has 0 aliphatic rings. The maximum atomic E-state index is 13.1. The van der Waals surface area contributed by atoms with Gasteiger partial charge in [0.1, 0.15) is 0 Å². The Balaban J connectivity index is 2.25. The van der Waals surface area contributed by atoms with E-state index in [4.69, 9.17) is 22.5 Å². The first-order valence-corrected chi connectivity index (χ1v) is 9.36. The summed E-state index contributed by atoms with van der Waals surface area (Å²) in [5.74, 6) is -1.51. The maximum absolute atomic E-state index is 13.1. The van der Waals surface area contributed by atoms with Gasteiger partial charge in [0.05, 0.1) is 12.1 Å². The van der Waals surface area contributed by atoms with Crippen LogP contribution >= 0.6 is 0 Å². The van der Waals surface area contributed by atoms with Gasteiger partial charge < -0.3 is 11.5 Å². The van der Waals surface area contributed by atoms with Gasteiger partial charge >= 0.3 is 0 Å². The van der Waals surface area contributed by atoms with Gasteiger partial charge in [0.2, 0.25) is 0 Å². The van der Waals surface area contributed by atoms with E-state index in [-0.39, 0.29) is 11.6 Å². The second kappa shape index (κ2) is 11.4. The number of nitrogens with zero attached hydrogens (tertiary/aromatic N) is 6. The first kappa shape index (κ1) is 22.6. The highest BCUT2D eigenvalue weighted by Crippen LogP contribution is 2.24. The van der Waals surface area contributed by atoms with Crippen molar-refractivity contribution in [1.29, 1.82) is 0 Å². The molecule has 0 unspecified atom stereocenters. The van der Waals surface area contributed by atoms with Crippen molar-refractivity contribution in [2.75, 3.05) is 0 Å². The third-order valence-corrected chi connectivity index (χ3v) is 4.54. The Hall–Kier alpha value is -3.68. The molecule has 0 atom stereocenters. The number of benzene rings is 2. The lowest BCUT2D eigenvalue weighted by molar-refractivity contribution is 0.0797. The summed E-state index contributed by atoms with van der Waals surface area (Å²) >= 11 is 0. The zero-order valence-corrected chi connectivity index (χ0v) is 16.3. The van der Waals surface area contributed by atoms with E-state index in [1.807, 2.05) is 0 Å². The molecule has 10 heteroatoms. The third-order valence-electron chi connectivity index (χ3n) is 4.54. The molecule has 2 rings (SSSR count). The average Bonchev–Trinajstić information content (AvgIpc) is 2.74. The summed E-state index contributed by atoms with van der Waals surface area (Å²) < 4.78 is 0. The summed E-state index contributed by atoms with van der Waals surface area (Å²) in [4.78, 5) is 31.6. The van der Waals surface area contributed by atoms with Crippen molar-refractivity contribution in [2.24, 2.45) is 27.6 Å². The Morgan fingerprint density at radius 3 is 1.53 bits per heavy atom. The van der Waals surface area contributed by atoms with E-state index in [1.54, 1.807) is 0 Å². The summed E-state index contributed by atoms with van der Waals surface area (Å²) in [6.45, 7) is 0. The van der Waals surface area contributed by atoms with Gasteiger partial charge in [0.25, 0.3) is 0 Å². The lowest BCUT2D eigenvalue weighted by atomic mass is 9.86. The molecular formula is C20H22N8O2. The Bertz CT molecular complexity index is 899. The topological polar surface area (TPSA) is 184 Å². The van der Waals surface area contributed by atoms with Crippen LogP contribution in [0.25, 0.3) is 20.9 Å². The highest BCUT2D eigenvalue weighted by molar-refractivity contribution is 6.16. The van der Waals surface area contributed by atoms with Gasteiger partial charge in [-0.25, -0.2) is 0 Å². The van der Waals surface area contributed by atoms with Crippen LogP contribution in [0.15, 0.2) is 58.8 Å². The molecule has 0 bridgehead atoms. The number of hydrogen-bond donors (Lipinski definition) is 2. The van der Waals surface area contributed by atoms with Crippen molar-refractivity contribution in [3.63, 3.8) is 0 Å². The third kappa shape index (κ3) is 6.44. The number of hydrogen-bond acceptors (Lipinski definition) is 6. The zero-order chi connectivity index (χ0) is 21.9. The van der Waals surface area contributed by atoms with Crippen molar-refractivity contribution in [3.05, 3.63) is 80.5 Å². The van der Waals surface area contributed by atoms with Crippen molar-refractivity contribution in [3.8, 4) is 0 Å². The molecule has 0 radical (unpaired) electrons. The Morgan fingerprint density at radius 1 is 0.767 bits per heavy atom. The summed E-state index contributed by atoms with van der Waals surface area (Å²) in [5.41, 5.74) is 29.6. The van der Waals surface area contributed by atoms with Crippen LogP contribution in [0, 0.1) is 5.92 Å². The van der Waals surface area contributed by atoms with E-state index >= 15 is 0 Å². The first-order chi connectivity index (χ1) is 14.5. The molecule has 0 aromatic heterocycles. The fourth-order valence-electron chi connectivity index (χ4n) is 3.00. The number of carbonyl (C=O) groups is 2. The van der Waals surface area contributed by atoms with E-state index in [2.05, 4.69) is 20.1 Å². The molecule has 2 aromatic carbocycles. The highest BCUT2D eigenvalue weighted by atomic mass is 16.2. The monoisotopic (exact) mass is 406 g/mol. The second-order valence-corrected chi connectivity index (χ2v) is 6.70. The molecule has 154 valence electrons. The Kier molecular flexibility index (Phi) is 8.56. The van der Waals surface area contributed by atoms with Gasteiger partial charge in [-0.2, -0.15) is 0 Å². The van der Waals surface area contributed by atoms with Gasteiger partial charge in [-0.05, 0) is 23.9 Å². The first-order valence-electron chi connectivity index (χ1n) is 9.36. The maximum Gasteiger partial charge on any atom is 0.173 e. The smallest absolute Gasteiger partial charge is 0.173 e. The number of azide groups is 2. The van der Waals surface area contributed by atoms with E-state index in [1.165, 1.54) is 48.5 Å². The summed E-state index contributed by atoms with van der Waals surface area (Å²) in [6, 6.07) is 12.2. The molecule has 30 heavy (non-hydrogen) atoms. The van der Waals surface area contributed by atoms with Crippen LogP contribution in [0.2, 0.25) is 0 Å². The number of unbranched alkanes of at least 4 members (excludes halogenated alkanes) is 1. The number of ketones is 2. The van der Waals surface area contributed by atoms with Gasteiger partial charge in [-0.3, -0.25) is 9.59 Å². The van der Waals surface area contributed by atoms with E-state index in [0.29, 0.717) is 48.2 Å². The number of rotatable bonds is 11. The lowest BCUT2D eigenvalue weighted by Gasteiger charge is -2.16. The predicted octanol–water partition coefficient (Wildman–Crippen LogP) is 5.06. The fourth-order valence-corrected chi connectivity index (χ4v) is 3.00. The van der Waals surface area contributed by atoms with Gasteiger partial charge in [-0.1, -0.05) is 71.6 Å². The minimum Gasteiger partial charge on any atom is -0.316 e. The molecule has 0 spiro atoms. The molecular weight excluding hydrogens is 384 g/mol. The van der Waals surface area contributed by atoms with E-state index in [9.17, 15) is 9.59 Å². The summed E-state index contributed by atoms with van der Waals surface area (Å²) in [6.07, 6.45) is 1.81. The Morgan fingerprint density at radius 2 is 1.17 bits per heavy atom. The molecule has 2 aromatic rings. The van der Waals surface area contributed by atoms with Crippen molar-refractivity contribution >= 4 is 22.9 Å². The minimum atomic E-state index is -0.880. The van der Waals surface area contributed by atoms with Gasteiger partial charge in [0, 0.05) is 32.3 Å². The number of nitrogens with two attached hydrogens (primary N) is 2. The molecule has 4 N–H and O–H groups in total. The van der Waals surface area contributed by atoms with Crippen molar-refractivity contribution in [1.82, 2.24) is 0 Å². The quantitative estimate of drug-likeness (QED) is 0.101. The molecule has 0 aliphatic carbocycles. The largest absolute Gasteiger partial charge is 0.316 e. The van der Waals surface area contributed by atoms with Gasteiger partial charge in [0.15, 0.2) is 11.6 Å². The van der Waals surface area contributed by atoms with E-state index in [0.717, 1.165) is 0 Å². The lowest BCUT2D eigenvalue weighted by Crippen LogP contribution is -2.30. The Labute approximate surface area is 173 Å². The fraction of sp³-hybridized carbons (Fsp3) is 0.300. The van der Waals surface area contributed by atoms with Crippen LogP contribution in [0.4, 0.5) is 11.4 Å². The van der Waals surface area contributed by atoms with E-state index < -0.39 is 12.1 Å². The molecule has 0 saturated carbocycles. The molecule has 0 aliphatic heterocycles.